The second kappa shape index (κ2) is 12.0. The van der Waals surface area contributed by atoms with Crippen molar-refractivity contribution in [3.63, 3.8) is 0 Å². The lowest BCUT2D eigenvalue weighted by Crippen LogP contribution is -2.38. The normalized spacial score (nSPS) is 18.1. The number of sulfonamides is 1. The molecule has 3 aromatic carbocycles. The van der Waals surface area contributed by atoms with E-state index in [1.807, 2.05) is 24.3 Å². The molecule has 3 aromatic rings. The summed E-state index contributed by atoms with van der Waals surface area (Å²) in [5.74, 6) is 0.138. The van der Waals surface area contributed by atoms with Crippen molar-refractivity contribution >= 4 is 21.4 Å². The molecule has 0 bridgehead atoms. The number of nitrogens with zero attached hydrogens (tertiary/aromatic N) is 3. The summed E-state index contributed by atoms with van der Waals surface area (Å²) in [5.41, 5.74) is 6.11. The molecule has 1 aliphatic carbocycles. The lowest BCUT2D eigenvalue weighted by atomic mass is 9.89. The van der Waals surface area contributed by atoms with Crippen LogP contribution in [-0.2, 0) is 29.2 Å². The van der Waals surface area contributed by atoms with E-state index >= 15 is 0 Å². The second-order valence-electron chi connectivity index (χ2n) is 11.9. The molecule has 228 valence electrons. The standard InChI is InChI=1S/C34H32F3N3O3S/c35-34(36,37)29-7-1-25(2-8-29)21-39-14-13-27-18-26-5-6-28(19-31(26)32(27)22-39)33(41)17-23-11-15-40(16-12-23)44(42,43)30-9-3-24(20-38)4-10-30/h1-10,19,23H,11-18,21-22H2. The third-order valence-electron chi connectivity index (χ3n) is 9.06. The minimum atomic E-state index is -4.35. The molecule has 10 heteroatoms. The number of benzene rings is 3. The summed E-state index contributed by atoms with van der Waals surface area (Å²) in [7, 11) is -3.66. The van der Waals surface area contributed by atoms with Gasteiger partial charge in [0.25, 0.3) is 0 Å². The number of rotatable bonds is 7. The van der Waals surface area contributed by atoms with Crippen molar-refractivity contribution in [1.29, 1.82) is 5.26 Å². The summed E-state index contributed by atoms with van der Waals surface area (Å²) in [6, 6.07) is 19.2. The van der Waals surface area contributed by atoms with E-state index in [1.54, 1.807) is 12.1 Å². The van der Waals surface area contributed by atoms with Crippen LogP contribution in [0.3, 0.4) is 0 Å². The number of hydrogen-bond donors (Lipinski definition) is 0. The molecule has 6 rings (SSSR count). The van der Waals surface area contributed by atoms with Gasteiger partial charge in [-0.2, -0.15) is 22.7 Å². The third kappa shape index (κ3) is 6.23. The molecule has 2 aliphatic heterocycles. The molecule has 0 saturated carbocycles. The van der Waals surface area contributed by atoms with Crippen LogP contribution in [0.5, 0.6) is 0 Å². The number of hydrogen-bond acceptors (Lipinski definition) is 5. The summed E-state index contributed by atoms with van der Waals surface area (Å²) in [6.07, 6.45) is -1.05. The third-order valence-corrected chi connectivity index (χ3v) is 11.0. The number of piperidine rings is 1. The summed E-state index contributed by atoms with van der Waals surface area (Å²) in [4.78, 5) is 15.8. The minimum absolute atomic E-state index is 0.0488. The predicted molar refractivity (Wildman–Crippen MR) is 160 cm³/mol. The van der Waals surface area contributed by atoms with E-state index < -0.39 is 21.8 Å². The number of alkyl halides is 3. The van der Waals surface area contributed by atoms with E-state index in [2.05, 4.69) is 4.90 Å². The molecule has 3 aliphatic rings. The molecular formula is C34H32F3N3O3S. The number of nitriles is 1. The topological polar surface area (TPSA) is 81.5 Å². The Labute approximate surface area is 255 Å². The molecule has 0 atom stereocenters. The smallest absolute Gasteiger partial charge is 0.294 e. The van der Waals surface area contributed by atoms with Crippen molar-refractivity contribution in [3.05, 3.63) is 106 Å². The van der Waals surface area contributed by atoms with Gasteiger partial charge in [0, 0.05) is 44.7 Å². The first-order chi connectivity index (χ1) is 21.0. The first-order valence-corrected chi connectivity index (χ1v) is 16.2. The molecule has 6 nitrogen and oxygen atoms in total. The van der Waals surface area contributed by atoms with Gasteiger partial charge < -0.3 is 0 Å². The number of halogens is 3. The van der Waals surface area contributed by atoms with Gasteiger partial charge in [-0.15, -0.1) is 0 Å². The minimum Gasteiger partial charge on any atom is -0.294 e. The summed E-state index contributed by atoms with van der Waals surface area (Å²) >= 11 is 0. The molecule has 1 saturated heterocycles. The van der Waals surface area contributed by atoms with Gasteiger partial charge in [0.05, 0.1) is 22.1 Å². The molecule has 1 fully saturated rings. The van der Waals surface area contributed by atoms with Crippen molar-refractivity contribution in [2.45, 2.75) is 49.7 Å². The highest BCUT2D eigenvalue weighted by Gasteiger charge is 2.32. The molecule has 0 unspecified atom stereocenters. The Kier molecular flexibility index (Phi) is 8.22. The predicted octanol–water partition coefficient (Wildman–Crippen LogP) is 6.47. The van der Waals surface area contributed by atoms with Crippen LogP contribution >= 0.6 is 0 Å². The highest BCUT2D eigenvalue weighted by molar-refractivity contribution is 7.89. The summed E-state index contributed by atoms with van der Waals surface area (Å²) < 4.78 is 66.4. The van der Waals surface area contributed by atoms with Gasteiger partial charge in [0.2, 0.25) is 10.0 Å². The number of carbonyl (C=O) groups is 1. The average molecular weight is 620 g/mol. The zero-order valence-corrected chi connectivity index (χ0v) is 24.9. The average Bonchev–Trinajstić information content (AvgIpc) is 3.38. The van der Waals surface area contributed by atoms with Crippen LogP contribution in [0.1, 0.15) is 63.9 Å². The zero-order valence-electron chi connectivity index (χ0n) is 24.1. The van der Waals surface area contributed by atoms with Gasteiger partial charge >= 0.3 is 6.18 Å². The van der Waals surface area contributed by atoms with Gasteiger partial charge in [0.1, 0.15) is 0 Å². The van der Waals surface area contributed by atoms with Crippen molar-refractivity contribution in [3.8, 4) is 6.07 Å². The van der Waals surface area contributed by atoms with Crippen LogP contribution < -0.4 is 0 Å². The maximum atomic E-state index is 13.4. The molecule has 2 heterocycles. The van der Waals surface area contributed by atoms with E-state index in [4.69, 9.17) is 5.26 Å². The summed E-state index contributed by atoms with van der Waals surface area (Å²) in [6.45, 7) is 2.76. The maximum absolute atomic E-state index is 13.4. The van der Waals surface area contributed by atoms with Gasteiger partial charge in [-0.05, 0) is 96.3 Å². The van der Waals surface area contributed by atoms with E-state index in [1.165, 1.54) is 45.3 Å². The largest absolute Gasteiger partial charge is 0.416 e. The van der Waals surface area contributed by atoms with Crippen LogP contribution in [-0.4, -0.2) is 49.6 Å². The SMILES string of the molecule is N#Cc1ccc(S(=O)(=O)N2CCC(CC(=O)c3ccc4c(c3)C3=C(CCN(Cc5ccc(C(F)(F)F)cc5)C3)C4)CC2)cc1. The van der Waals surface area contributed by atoms with Crippen LogP contribution in [0.25, 0.3) is 5.57 Å². The van der Waals surface area contributed by atoms with Crippen LogP contribution in [0.15, 0.2) is 77.2 Å². The Hall–Kier alpha value is -3.78. The van der Waals surface area contributed by atoms with Gasteiger partial charge in [-0.1, -0.05) is 29.8 Å². The Bertz CT molecular complexity index is 1750. The zero-order chi connectivity index (χ0) is 31.1. The van der Waals surface area contributed by atoms with E-state index in [9.17, 15) is 26.4 Å². The monoisotopic (exact) mass is 619 g/mol. The molecule has 0 amide bonds. The summed E-state index contributed by atoms with van der Waals surface area (Å²) in [5, 5.41) is 8.98. The van der Waals surface area contributed by atoms with Gasteiger partial charge in [-0.3, -0.25) is 9.69 Å². The fourth-order valence-electron chi connectivity index (χ4n) is 6.52. The van der Waals surface area contributed by atoms with Crippen LogP contribution in [0.4, 0.5) is 13.2 Å². The lowest BCUT2D eigenvalue weighted by Gasteiger charge is -2.31. The molecule has 0 aromatic heterocycles. The Morgan fingerprint density at radius 3 is 2.32 bits per heavy atom. The van der Waals surface area contributed by atoms with Crippen molar-refractivity contribution in [2.75, 3.05) is 26.2 Å². The second-order valence-corrected chi connectivity index (χ2v) is 13.8. The molecule has 0 N–H and O–H groups in total. The van der Waals surface area contributed by atoms with Gasteiger partial charge in [-0.25, -0.2) is 8.42 Å². The Morgan fingerprint density at radius 2 is 1.66 bits per heavy atom. The van der Waals surface area contributed by atoms with Gasteiger partial charge in [0.15, 0.2) is 5.78 Å². The quantitative estimate of drug-likeness (QED) is 0.284. The molecule has 0 spiro atoms. The van der Waals surface area contributed by atoms with Crippen LogP contribution in [0, 0.1) is 17.2 Å². The van der Waals surface area contributed by atoms with Crippen molar-refractivity contribution < 1.29 is 26.4 Å². The van der Waals surface area contributed by atoms with Crippen LogP contribution in [0.2, 0.25) is 0 Å². The maximum Gasteiger partial charge on any atom is 0.416 e. The van der Waals surface area contributed by atoms with Crippen molar-refractivity contribution in [2.24, 2.45) is 5.92 Å². The van der Waals surface area contributed by atoms with E-state index in [0.717, 1.165) is 42.6 Å². The molecule has 0 radical (unpaired) electrons. The molecule has 44 heavy (non-hydrogen) atoms. The van der Waals surface area contributed by atoms with E-state index in [-0.39, 0.29) is 16.6 Å². The number of Topliss-reactive ketones (excluding diaryl/α,β-unsaturated/α-hetero) is 1. The van der Waals surface area contributed by atoms with Crippen molar-refractivity contribution in [1.82, 2.24) is 9.21 Å². The van der Waals surface area contributed by atoms with E-state index in [0.29, 0.717) is 56.6 Å². The Balaban J connectivity index is 1.07. The number of fused-ring (bicyclic) bond motifs is 2. The highest BCUT2D eigenvalue weighted by Crippen LogP contribution is 2.39. The first-order valence-electron chi connectivity index (χ1n) is 14.8. The fraction of sp³-hybridized carbons (Fsp3) is 0.353. The molecular weight excluding hydrogens is 587 g/mol. The lowest BCUT2D eigenvalue weighted by molar-refractivity contribution is -0.137. The first kappa shape index (κ1) is 30.3. The number of carbonyl (C=O) groups excluding carboxylic acids is 1. The fourth-order valence-corrected chi connectivity index (χ4v) is 7.99. The number of ketones is 1. The Morgan fingerprint density at radius 1 is 0.955 bits per heavy atom. The highest BCUT2D eigenvalue weighted by atomic mass is 32.2.